The Morgan fingerprint density at radius 2 is 1.76 bits per heavy atom. The summed E-state index contributed by atoms with van der Waals surface area (Å²) in [7, 11) is 1.87. The highest BCUT2D eigenvalue weighted by atomic mass is 16.1. The third-order valence-electron chi connectivity index (χ3n) is 4.34. The smallest absolute Gasteiger partial charge is 0.250 e. The normalized spacial score (nSPS) is 10.7. The molecule has 5 heteroatoms. The van der Waals surface area contributed by atoms with E-state index in [0.717, 1.165) is 28.1 Å². The lowest BCUT2D eigenvalue weighted by molar-refractivity contribution is 0.100. The van der Waals surface area contributed by atoms with Gasteiger partial charge in [-0.15, -0.1) is 0 Å². The van der Waals surface area contributed by atoms with E-state index in [2.05, 4.69) is 43.3 Å². The van der Waals surface area contributed by atoms with Gasteiger partial charge in [-0.2, -0.15) is 5.10 Å². The van der Waals surface area contributed by atoms with E-state index in [0.29, 0.717) is 11.3 Å². The van der Waals surface area contributed by atoms with Crippen molar-refractivity contribution in [2.75, 3.05) is 5.32 Å². The number of aromatic nitrogens is 2. The van der Waals surface area contributed by atoms with E-state index in [1.807, 2.05) is 25.2 Å². The first-order chi connectivity index (χ1) is 11.9. The Morgan fingerprint density at radius 3 is 2.32 bits per heavy atom. The Kier molecular flexibility index (Phi) is 4.31. The number of nitrogens with one attached hydrogen (secondary N) is 1. The Morgan fingerprint density at radius 1 is 1.08 bits per heavy atom. The summed E-state index contributed by atoms with van der Waals surface area (Å²) >= 11 is 0. The average molecular weight is 334 g/mol. The van der Waals surface area contributed by atoms with E-state index in [-0.39, 0.29) is 0 Å². The molecule has 0 fully saturated rings. The molecule has 3 N–H and O–H groups in total. The van der Waals surface area contributed by atoms with Crippen LogP contribution in [-0.2, 0) is 7.05 Å². The number of hydrogen-bond donors (Lipinski definition) is 2. The first kappa shape index (κ1) is 16.8. The zero-order chi connectivity index (χ0) is 18.1. The van der Waals surface area contributed by atoms with Crippen molar-refractivity contribution in [3.05, 3.63) is 64.8 Å². The van der Waals surface area contributed by atoms with Crippen LogP contribution in [0.4, 0.5) is 11.4 Å². The maximum atomic E-state index is 12.0. The maximum Gasteiger partial charge on any atom is 0.250 e. The fourth-order valence-corrected chi connectivity index (χ4v) is 3.19. The number of nitrogens with zero attached hydrogens (tertiary/aromatic N) is 2. The third kappa shape index (κ3) is 3.26. The second kappa shape index (κ2) is 6.43. The van der Waals surface area contributed by atoms with Gasteiger partial charge in [0.15, 0.2) is 0 Å². The molecule has 3 aromatic rings. The zero-order valence-corrected chi connectivity index (χ0v) is 14.9. The van der Waals surface area contributed by atoms with E-state index < -0.39 is 5.91 Å². The Hall–Kier alpha value is -3.08. The van der Waals surface area contributed by atoms with Gasteiger partial charge in [-0.25, -0.2) is 0 Å². The minimum Gasteiger partial charge on any atom is -0.366 e. The quantitative estimate of drug-likeness (QED) is 0.761. The first-order valence-corrected chi connectivity index (χ1v) is 8.14. The summed E-state index contributed by atoms with van der Waals surface area (Å²) in [6.07, 6.45) is 1.73. The molecule has 0 aliphatic rings. The summed E-state index contributed by atoms with van der Waals surface area (Å²) in [6.45, 7) is 6.17. The molecule has 0 radical (unpaired) electrons. The molecule has 0 bridgehead atoms. The fraction of sp³-hybridized carbons (Fsp3) is 0.200. The van der Waals surface area contributed by atoms with Crippen LogP contribution in [0.1, 0.15) is 27.0 Å². The highest BCUT2D eigenvalue weighted by Gasteiger charge is 2.14. The summed E-state index contributed by atoms with van der Waals surface area (Å²) in [4.78, 5) is 12.0. The van der Waals surface area contributed by atoms with Gasteiger partial charge in [0.1, 0.15) is 0 Å². The van der Waals surface area contributed by atoms with Crippen LogP contribution in [0.15, 0.2) is 42.6 Å². The van der Waals surface area contributed by atoms with Crippen LogP contribution >= 0.6 is 0 Å². The van der Waals surface area contributed by atoms with Gasteiger partial charge in [-0.3, -0.25) is 9.48 Å². The van der Waals surface area contributed by atoms with E-state index in [4.69, 9.17) is 5.73 Å². The van der Waals surface area contributed by atoms with Gasteiger partial charge in [-0.1, -0.05) is 23.8 Å². The second-order valence-electron chi connectivity index (χ2n) is 6.36. The largest absolute Gasteiger partial charge is 0.366 e. The van der Waals surface area contributed by atoms with Gasteiger partial charge in [0, 0.05) is 24.5 Å². The van der Waals surface area contributed by atoms with E-state index in [1.54, 1.807) is 16.9 Å². The standard InChI is InChI=1S/C20H22N4O/c1-12-9-13(2)19(14(3)10-12)23-17-6-5-15(11-16(17)20(21)25)18-7-8-22-24(18)4/h5-11,23H,1-4H3,(H2,21,25). The highest BCUT2D eigenvalue weighted by molar-refractivity contribution is 6.00. The summed E-state index contributed by atoms with van der Waals surface area (Å²) in [6, 6.07) is 11.8. The van der Waals surface area contributed by atoms with Gasteiger partial charge < -0.3 is 11.1 Å². The van der Waals surface area contributed by atoms with Crippen molar-refractivity contribution in [3.63, 3.8) is 0 Å². The predicted molar refractivity (Wildman–Crippen MR) is 101 cm³/mol. The van der Waals surface area contributed by atoms with Crippen molar-refractivity contribution in [1.82, 2.24) is 9.78 Å². The minimum absolute atomic E-state index is 0.457. The molecular weight excluding hydrogens is 312 g/mol. The van der Waals surface area contributed by atoms with Gasteiger partial charge in [0.05, 0.1) is 16.9 Å². The van der Waals surface area contributed by atoms with Crippen LogP contribution in [0.2, 0.25) is 0 Å². The number of aryl methyl sites for hydroxylation is 4. The average Bonchev–Trinajstić information content (AvgIpc) is 2.97. The van der Waals surface area contributed by atoms with E-state index >= 15 is 0 Å². The molecule has 1 heterocycles. The first-order valence-electron chi connectivity index (χ1n) is 8.14. The number of anilines is 2. The molecule has 0 atom stereocenters. The molecule has 1 amide bonds. The van der Waals surface area contributed by atoms with Crippen molar-refractivity contribution in [2.45, 2.75) is 20.8 Å². The van der Waals surface area contributed by atoms with Crippen LogP contribution < -0.4 is 11.1 Å². The highest BCUT2D eigenvalue weighted by Crippen LogP contribution is 2.30. The predicted octanol–water partition coefficient (Wildman–Crippen LogP) is 3.85. The number of rotatable bonds is 4. The van der Waals surface area contributed by atoms with Gasteiger partial charge in [0.2, 0.25) is 0 Å². The molecule has 0 aliphatic heterocycles. The minimum atomic E-state index is -0.464. The topological polar surface area (TPSA) is 72.9 Å². The number of carbonyl (C=O) groups excluding carboxylic acids is 1. The Balaban J connectivity index is 2.06. The van der Waals surface area contributed by atoms with Gasteiger partial charge >= 0.3 is 0 Å². The Labute approximate surface area is 147 Å². The van der Waals surface area contributed by atoms with Crippen LogP contribution in [-0.4, -0.2) is 15.7 Å². The van der Waals surface area contributed by atoms with E-state index in [1.165, 1.54) is 5.56 Å². The molecule has 5 nitrogen and oxygen atoms in total. The van der Waals surface area contributed by atoms with Crippen LogP contribution in [0, 0.1) is 20.8 Å². The SMILES string of the molecule is Cc1cc(C)c(Nc2ccc(-c3ccnn3C)cc2C(N)=O)c(C)c1. The van der Waals surface area contributed by atoms with Gasteiger partial charge in [-0.05, 0) is 50.1 Å². The van der Waals surface area contributed by atoms with Crippen molar-refractivity contribution >= 4 is 17.3 Å². The lowest BCUT2D eigenvalue weighted by Gasteiger charge is -2.16. The lowest BCUT2D eigenvalue weighted by Crippen LogP contribution is -2.14. The molecule has 25 heavy (non-hydrogen) atoms. The Bertz CT molecular complexity index is 933. The lowest BCUT2D eigenvalue weighted by atomic mass is 10.0. The summed E-state index contributed by atoms with van der Waals surface area (Å²) < 4.78 is 1.77. The van der Waals surface area contributed by atoms with E-state index in [9.17, 15) is 4.79 Å². The molecule has 2 aromatic carbocycles. The molecule has 0 saturated heterocycles. The number of amides is 1. The fourth-order valence-electron chi connectivity index (χ4n) is 3.19. The molecule has 0 aliphatic carbocycles. The number of hydrogen-bond acceptors (Lipinski definition) is 3. The van der Waals surface area contributed by atoms with Crippen LogP contribution in [0.25, 0.3) is 11.3 Å². The summed E-state index contributed by atoms with van der Waals surface area (Å²) in [5.74, 6) is -0.464. The molecule has 3 rings (SSSR count). The molecule has 1 aromatic heterocycles. The monoisotopic (exact) mass is 334 g/mol. The number of carbonyl (C=O) groups is 1. The van der Waals surface area contributed by atoms with Crippen molar-refractivity contribution in [1.29, 1.82) is 0 Å². The molecular formula is C20H22N4O. The van der Waals surface area contributed by atoms with Crippen molar-refractivity contribution in [3.8, 4) is 11.3 Å². The molecule has 0 spiro atoms. The maximum absolute atomic E-state index is 12.0. The van der Waals surface area contributed by atoms with Crippen LogP contribution in [0.3, 0.4) is 0 Å². The number of benzene rings is 2. The number of nitrogens with two attached hydrogens (primary N) is 1. The second-order valence-corrected chi connectivity index (χ2v) is 6.36. The third-order valence-corrected chi connectivity index (χ3v) is 4.34. The molecule has 128 valence electrons. The van der Waals surface area contributed by atoms with Crippen molar-refractivity contribution < 1.29 is 4.79 Å². The summed E-state index contributed by atoms with van der Waals surface area (Å²) in [5, 5.41) is 7.56. The zero-order valence-electron chi connectivity index (χ0n) is 14.9. The van der Waals surface area contributed by atoms with Gasteiger partial charge in [0.25, 0.3) is 5.91 Å². The molecule has 0 saturated carbocycles. The van der Waals surface area contributed by atoms with Crippen LogP contribution in [0.5, 0.6) is 0 Å². The van der Waals surface area contributed by atoms with Crippen molar-refractivity contribution in [2.24, 2.45) is 12.8 Å². The summed E-state index contributed by atoms with van der Waals surface area (Å²) in [5.41, 5.74) is 13.1. The number of primary amides is 1. The molecule has 0 unspecified atom stereocenters.